The van der Waals surface area contributed by atoms with Gasteiger partial charge in [-0.2, -0.15) is 0 Å². The number of amidine groups is 1. The van der Waals surface area contributed by atoms with Crippen molar-refractivity contribution in [2.45, 2.75) is 19.3 Å². The molecule has 35 heavy (non-hydrogen) atoms. The highest BCUT2D eigenvalue weighted by Crippen LogP contribution is 2.20. The van der Waals surface area contributed by atoms with E-state index in [0.29, 0.717) is 16.8 Å². The predicted molar refractivity (Wildman–Crippen MR) is 140 cm³/mol. The number of anilines is 2. The van der Waals surface area contributed by atoms with E-state index in [1.165, 1.54) is 0 Å². The van der Waals surface area contributed by atoms with Crippen LogP contribution in [-0.4, -0.2) is 42.9 Å². The Morgan fingerprint density at radius 3 is 2.34 bits per heavy atom. The molecule has 0 saturated carbocycles. The molecule has 0 aromatic heterocycles. The van der Waals surface area contributed by atoms with Crippen molar-refractivity contribution >= 4 is 34.6 Å². The highest BCUT2D eigenvalue weighted by molar-refractivity contribution is 6.09. The lowest BCUT2D eigenvalue weighted by molar-refractivity contribution is 0.0989. The summed E-state index contributed by atoms with van der Waals surface area (Å²) in [7, 11) is 0. The number of Topliss-reactive ketones (excluding diaryl/α,β-unsaturated/α-hetero) is 1. The zero-order valence-electron chi connectivity index (χ0n) is 19.4. The van der Waals surface area contributed by atoms with Gasteiger partial charge in [-0.25, -0.2) is 0 Å². The second-order valence-corrected chi connectivity index (χ2v) is 8.72. The fraction of sp³-hybridized carbons (Fsp3) is 0.214. The molecule has 0 spiro atoms. The minimum absolute atomic E-state index is 0.0476. The summed E-state index contributed by atoms with van der Waals surface area (Å²) >= 11 is 0. The van der Waals surface area contributed by atoms with Crippen molar-refractivity contribution in [2.75, 3.05) is 30.7 Å². The number of benzene rings is 3. The molecule has 0 radical (unpaired) electrons. The quantitative estimate of drug-likeness (QED) is 0.363. The Morgan fingerprint density at radius 2 is 1.69 bits per heavy atom. The Kier molecular flexibility index (Phi) is 6.39. The molecule has 2 aliphatic heterocycles. The summed E-state index contributed by atoms with van der Waals surface area (Å²) in [5.74, 6) is 0.496. The first-order chi connectivity index (χ1) is 17.1. The highest BCUT2D eigenvalue weighted by Gasteiger charge is 2.15. The van der Waals surface area contributed by atoms with Gasteiger partial charge in [-0.3, -0.25) is 19.6 Å². The molecular formula is C28H27N5O2. The van der Waals surface area contributed by atoms with Gasteiger partial charge in [-0.15, -0.1) is 0 Å². The molecule has 7 heteroatoms. The highest BCUT2D eigenvalue weighted by atomic mass is 16.1. The first kappa shape index (κ1) is 22.5. The lowest BCUT2D eigenvalue weighted by atomic mass is 9.99. The first-order valence-electron chi connectivity index (χ1n) is 11.8. The SMILES string of the molecule is Nc1cc(C(=O)Cc2ccc(C3=NCCC3)cc2)ccc1C(=O)Nc1ccc(C2=NCCN2)cc1. The number of hydrogen-bond donors (Lipinski definition) is 3. The van der Waals surface area contributed by atoms with Crippen LogP contribution in [0.1, 0.15) is 50.2 Å². The second kappa shape index (κ2) is 9.93. The number of ketones is 1. The van der Waals surface area contributed by atoms with Gasteiger partial charge in [-0.1, -0.05) is 30.3 Å². The van der Waals surface area contributed by atoms with Gasteiger partial charge in [0.15, 0.2) is 5.78 Å². The van der Waals surface area contributed by atoms with E-state index in [4.69, 9.17) is 5.73 Å². The molecule has 4 N–H and O–H groups in total. The van der Waals surface area contributed by atoms with Gasteiger partial charge in [0.25, 0.3) is 5.91 Å². The van der Waals surface area contributed by atoms with Crippen LogP contribution in [0.3, 0.4) is 0 Å². The molecule has 176 valence electrons. The lowest BCUT2D eigenvalue weighted by Crippen LogP contribution is -2.19. The summed E-state index contributed by atoms with van der Waals surface area (Å²) in [4.78, 5) is 34.5. The number of carbonyl (C=O) groups is 2. The van der Waals surface area contributed by atoms with Crippen molar-refractivity contribution in [3.8, 4) is 0 Å². The van der Waals surface area contributed by atoms with E-state index in [-0.39, 0.29) is 23.8 Å². The van der Waals surface area contributed by atoms with Crippen molar-refractivity contribution < 1.29 is 9.59 Å². The Balaban J connectivity index is 1.22. The predicted octanol–water partition coefficient (Wildman–Crippen LogP) is 3.88. The number of hydrogen-bond acceptors (Lipinski definition) is 6. The van der Waals surface area contributed by atoms with E-state index in [1.54, 1.807) is 18.2 Å². The number of nitrogens with two attached hydrogens (primary N) is 1. The van der Waals surface area contributed by atoms with Crippen LogP contribution in [0.5, 0.6) is 0 Å². The van der Waals surface area contributed by atoms with Gasteiger partial charge in [0.1, 0.15) is 5.84 Å². The summed E-state index contributed by atoms with van der Waals surface area (Å²) in [5, 5.41) is 6.08. The maximum absolute atomic E-state index is 12.8. The molecule has 0 unspecified atom stereocenters. The second-order valence-electron chi connectivity index (χ2n) is 8.72. The van der Waals surface area contributed by atoms with Crippen molar-refractivity contribution in [1.82, 2.24) is 5.32 Å². The van der Waals surface area contributed by atoms with E-state index in [9.17, 15) is 9.59 Å². The minimum Gasteiger partial charge on any atom is -0.398 e. The maximum Gasteiger partial charge on any atom is 0.257 e. The molecule has 2 aliphatic rings. The molecule has 3 aromatic rings. The monoisotopic (exact) mass is 465 g/mol. The molecular weight excluding hydrogens is 438 g/mol. The average Bonchev–Trinajstić information content (AvgIpc) is 3.60. The summed E-state index contributed by atoms with van der Waals surface area (Å²) in [5.41, 5.74) is 12.1. The average molecular weight is 466 g/mol. The van der Waals surface area contributed by atoms with E-state index in [2.05, 4.69) is 20.6 Å². The molecule has 0 bridgehead atoms. The van der Waals surface area contributed by atoms with Crippen LogP contribution in [0, 0.1) is 0 Å². The zero-order valence-corrected chi connectivity index (χ0v) is 19.4. The molecule has 3 aromatic carbocycles. The van der Waals surface area contributed by atoms with E-state index < -0.39 is 0 Å². The van der Waals surface area contributed by atoms with Gasteiger partial charge in [0, 0.05) is 47.7 Å². The molecule has 2 heterocycles. The summed E-state index contributed by atoms with van der Waals surface area (Å²) < 4.78 is 0. The smallest absolute Gasteiger partial charge is 0.257 e. The van der Waals surface area contributed by atoms with Crippen LogP contribution in [0.25, 0.3) is 0 Å². The third-order valence-electron chi connectivity index (χ3n) is 6.23. The van der Waals surface area contributed by atoms with Crippen LogP contribution in [0.4, 0.5) is 11.4 Å². The van der Waals surface area contributed by atoms with Crippen molar-refractivity contribution in [3.63, 3.8) is 0 Å². The van der Waals surface area contributed by atoms with Crippen LogP contribution in [-0.2, 0) is 6.42 Å². The fourth-order valence-corrected chi connectivity index (χ4v) is 4.32. The molecule has 1 amide bonds. The Bertz CT molecular complexity index is 1320. The van der Waals surface area contributed by atoms with Crippen LogP contribution in [0.15, 0.2) is 76.7 Å². The number of nitrogens with zero attached hydrogens (tertiary/aromatic N) is 2. The van der Waals surface area contributed by atoms with Gasteiger partial charge < -0.3 is 16.4 Å². The van der Waals surface area contributed by atoms with E-state index in [0.717, 1.165) is 60.7 Å². The third kappa shape index (κ3) is 5.14. The van der Waals surface area contributed by atoms with Crippen LogP contribution in [0.2, 0.25) is 0 Å². The van der Waals surface area contributed by atoms with E-state index in [1.807, 2.05) is 48.5 Å². The summed E-state index contributed by atoms with van der Waals surface area (Å²) in [6.07, 6.45) is 2.38. The normalized spacial score (nSPS) is 14.7. The van der Waals surface area contributed by atoms with Crippen LogP contribution >= 0.6 is 0 Å². The van der Waals surface area contributed by atoms with Gasteiger partial charge in [0.2, 0.25) is 0 Å². The fourth-order valence-electron chi connectivity index (χ4n) is 4.32. The van der Waals surface area contributed by atoms with Gasteiger partial charge >= 0.3 is 0 Å². The number of aliphatic imine (C=N–C) groups is 2. The number of amides is 1. The number of nitrogen functional groups attached to an aromatic ring is 1. The number of nitrogens with one attached hydrogen (secondary N) is 2. The topological polar surface area (TPSA) is 109 Å². The molecule has 7 nitrogen and oxygen atoms in total. The van der Waals surface area contributed by atoms with Crippen molar-refractivity contribution in [1.29, 1.82) is 0 Å². The van der Waals surface area contributed by atoms with Gasteiger partial charge in [0.05, 0.1) is 12.1 Å². The van der Waals surface area contributed by atoms with Gasteiger partial charge in [-0.05, 0) is 60.4 Å². The molecule has 0 aliphatic carbocycles. The van der Waals surface area contributed by atoms with Crippen molar-refractivity contribution in [2.24, 2.45) is 9.98 Å². The van der Waals surface area contributed by atoms with Crippen molar-refractivity contribution in [3.05, 3.63) is 94.5 Å². The molecule has 0 atom stereocenters. The zero-order chi connectivity index (χ0) is 24.2. The van der Waals surface area contributed by atoms with E-state index >= 15 is 0 Å². The molecule has 0 saturated heterocycles. The Hall–Kier alpha value is -4.26. The standard InChI is InChI=1S/C28H27N5O2/c29-24-17-21(26(34)16-18-3-5-19(6-4-18)25-2-1-13-30-25)9-12-23(24)28(35)33-22-10-7-20(8-11-22)27-31-14-15-32-27/h3-12,17H,1-2,13-16,29H2,(H,31,32)(H,33,35). The largest absolute Gasteiger partial charge is 0.398 e. The van der Waals surface area contributed by atoms with Crippen LogP contribution < -0.4 is 16.4 Å². The Labute approximate surface area is 204 Å². The third-order valence-corrected chi connectivity index (χ3v) is 6.23. The summed E-state index contributed by atoms with van der Waals surface area (Å²) in [6, 6.07) is 20.3. The minimum atomic E-state index is -0.323. The number of carbonyl (C=O) groups excluding carboxylic acids is 2. The molecule has 0 fully saturated rings. The number of rotatable bonds is 7. The first-order valence-corrected chi connectivity index (χ1v) is 11.8. The Morgan fingerprint density at radius 1 is 0.914 bits per heavy atom. The maximum atomic E-state index is 12.8. The summed E-state index contributed by atoms with van der Waals surface area (Å²) in [6.45, 7) is 2.51. The molecule has 5 rings (SSSR count). The lowest BCUT2D eigenvalue weighted by Gasteiger charge is -2.10.